The molecule has 0 saturated heterocycles. The quantitative estimate of drug-likeness (QED) is 0.257. The Bertz CT molecular complexity index is 226. The van der Waals surface area contributed by atoms with Crippen LogP contribution in [-0.4, -0.2) is 12.1 Å². The van der Waals surface area contributed by atoms with Crippen LogP contribution < -0.4 is 0 Å². The van der Waals surface area contributed by atoms with Gasteiger partial charge in [-0.3, -0.25) is 4.79 Å². The van der Waals surface area contributed by atoms with Crippen LogP contribution in [0.2, 0.25) is 0 Å². The summed E-state index contributed by atoms with van der Waals surface area (Å²) in [7, 11) is 0. The first-order valence-electron chi connectivity index (χ1n) is 9.40. The molecule has 0 fully saturated rings. The van der Waals surface area contributed by atoms with Crippen molar-refractivity contribution in [1.29, 1.82) is 0 Å². The van der Waals surface area contributed by atoms with Crippen molar-refractivity contribution in [3.63, 3.8) is 0 Å². The highest BCUT2D eigenvalue weighted by Crippen LogP contribution is 2.12. The number of carbonyl (C=O) groups is 1. The zero-order valence-corrected chi connectivity index (χ0v) is 14.8. The Balaban J connectivity index is 3.29. The van der Waals surface area contributed by atoms with Crippen LogP contribution in [0.4, 0.5) is 0 Å². The first-order chi connectivity index (χ1) is 10.2. The number of unbranched alkanes of at least 4 members (excludes halogenated alkanes) is 10. The van der Waals surface area contributed by atoms with Crippen molar-refractivity contribution < 1.29 is 9.53 Å². The third-order valence-corrected chi connectivity index (χ3v) is 4.03. The minimum Gasteiger partial charge on any atom is -0.463 e. The third kappa shape index (κ3) is 15.7. The lowest BCUT2D eigenvalue weighted by atomic mass is 10.1. The largest absolute Gasteiger partial charge is 0.463 e. The number of rotatable bonds is 15. The van der Waals surface area contributed by atoms with Gasteiger partial charge in [0.05, 0.1) is 6.10 Å². The molecule has 0 aliphatic rings. The van der Waals surface area contributed by atoms with Crippen molar-refractivity contribution >= 4 is 5.97 Å². The van der Waals surface area contributed by atoms with Gasteiger partial charge in [-0.15, -0.1) is 0 Å². The van der Waals surface area contributed by atoms with Crippen molar-refractivity contribution in [2.75, 3.05) is 0 Å². The molecule has 2 nitrogen and oxygen atoms in total. The lowest BCUT2D eigenvalue weighted by Crippen LogP contribution is -2.14. The van der Waals surface area contributed by atoms with Crippen molar-refractivity contribution in [1.82, 2.24) is 0 Å². The number of hydrogen-bond acceptors (Lipinski definition) is 2. The van der Waals surface area contributed by atoms with Gasteiger partial charge in [0.15, 0.2) is 0 Å². The van der Waals surface area contributed by atoms with Crippen molar-refractivity contribution in [2.45, 2.75) is 117 Å². The molecule has 0 aliphatic heterocycles. The van der Waals surface area contributed by atoms with Gasteiger partial charge in [0.1, 0.15) is 0 Å². The second-order valence-electron chi connectivity index (χ2n) is 6.37. The summed E-state index contributed by atoms with van der Waals surface area (Å²) < 4.78 is 5.43. The van der Waals surface area contributed by atoms with E-state index in [9.17, 15) is 4.79 Å². The number of hydrogen-bond donors (Lipinski definition) is 0. The van der Waals surface area contributed by atoms with Crippen molar-refractivity contribution in [3.8, 4) is 0 Å². The zero-order valence-electron chi connectivity index (χ0n) is 14.8. The van der Waals surface area contributed by atoms with E-state index in [1.807, 2.05) is 6.92 Å². The Morgan fingerprint density at radius 3 is 1.81 bits per heavy atom. The Kier molecular flexibility index (Phi) is 15.5. The van der Waals surface area contributed by atoms with Crippen LogP contribution in [0, 0.1) is 0 Å². The summed E-state index contributed by atoms with van der Waals surface area (Å²) in [6, 6.07) is 0. The van der Waals surface area contributed by atoms with E-state index in [1.165, 1.54) is 70.6 Å². The minimum atomic E-state index is 0.00180. The van der Waals surface area contributed by atoms with Crippen LogP contribution in [0.15, 0.2) is 0 Å². The molecule has 0 aromatic carbocycles. The summed E-state index contributed by atoms with van der Waals surface area (Å²) in [5.41, 5.74) is 0. The molecular formula is C19H38O2. The highest BCUT2D eigenvalue weighted by Gasteiger charge is 2.08. The smallest absolute Gasteiger partial charge is 0.306 e. The Morgan fingerprint density at radius 2 is 1.24 bits per heavy atom. The maximum absolute atomic E-state index is 11.7. The van der Waals surface area contributed by atoms with Gasteiger partial charge in [-0.05, 0) is 26.2 Å². The molecule has 0 N–H and O–H groups in total. The van der Waals surface area contributed by atoms with E-state index in [1.54, 1.807) is 0 Å². The zero-order chi connectivity index (χ0) is 15.8. The Morgan fingerprint density at radius 1 is 0.762 bits per heavy atom. The van der Waals surface area contributed by atoms with Crippen molar-refractivity contribution in [3.05, 3.63) is 0 Å². The molecule has 0 saturated carbocycles. The van der Waals surface area contributed by atoms with E-state index in [4.69, 9.17) is 4.74 Å². The fourth-order valence-electron chi connectivity index (χ4n) is 2.60. The Hall–Kier alpha value is -0.530. The van der Waals surface area contributed by atoms with Crippen LogP contribution in [0.5, 0.6) is 0 Å². The van der Waals surface area contributed by atoms with Gasteiger partial charge in [-0.2, -0.15) is 0 Å². The van der Waals surface area contributed by atoms with Crippen LogP contribution in [-0.2, 0) is 9.53 Å². The van der Waals surface area contributed by atoms with Gasteiger partial charge in [-0.1, -0.05) is 78.1 Å². The summed E-state index contributed by atoms with van der Waals surface area (Å²) in [5, 5.41) is 0. The molecule has 0 amide bonds. The van der Waals surface area contributed by atoms with E-state index in [2.05, 4.69) is 13.8 Å². The molecule has 0 rings (SSSR count). The van der Waals surface area contributed by atoms with E-state index in [-0.39, 0.29) is 12.1 Å². The van der Waals surface area contributed by atoms with Gasteiger partial charge in [0, 0.05) is 6.42 Å². The fraction of sp³-hybridized carbons (Fsp3) is 0.947. The van der Waals surface area contributed by atoms with Gasteiger partial charge >= 0.3 is 5.97 Å². The molecule has 0 unspecified atom stereocenters. The SMILES string of the molecule is CCCCCCCCCCCC(=O)O[C@@H](C)CCCCC. The monoisotopic (exact) mass is 298 g/mol. The number of ether oxygens (including phenoxy) is 1. The summed E-state index contributed by atoms with van der Waals surface area (Å²) in [4.78, 5) is 11.7. The average Bonchev–Trinajstić information content (AvgIpc) is 2.45. The minimum absolute atomic E-state index is 0.00180. The first-order valence-corrected chi connectivity index (χ1v) is 9.40. The van der Waals surface area contributed by atoms with Gasteiger partial charge in [0.2, 0.25) is 0 Å². The molecule has 0 spiro atoms. The van der Waals surface area contributed by atoms with Gasteiger partial charge in [0.25, 0.3) is 0 Å². The van der Waals surface area contributed by atoms with E-state index in [0.29, 0.717) is 6.42 Å². The van der Waals surface area contributed by atoms with Gasteiger partial charge < -0.3 is 4.74 Å². The molecular weight excluding hydrogens is 260 g/mol. The molecule has 0 radical (unpaired) electrons. The lowest BCUT2D eigenvalue weighted by Gasteiger charge is -2.12. The molecule has 0 aliphatic carbocycles. The predicted molar refractivity (Wildman–Crippen MR) is 91.5 cm³/mol. The fourth-order valence-corrected chi connectivity index (χ4v) is 2.60. The highest BCUT2D eigenvalue weighted by atomic mass is 16.5. The Labute approximate surface area is 133 Å². The van der Waals surface area contributed by atoms with Crippen LogP contribution in [0.25, 0.3) is 0 Å². The summed E-state index contributed by atoms with van der Waals surface area (Å²) >= 11 is 0. The molecule has 21 heavy (non-hydrogen) atoms. The summed E-state index contributed by atoms with van der Waals surface area (Å²) in [5.74, 6) is 0.00180. The van der Waals surface area contributed by atoms with Gasteiger partial charge in [-0.25, -0.2) is 0 Å². The van der Waals surface area contributed by atoms with Crippen LogP contribution in [0.1, 0.15) is 111 Å². The maximum Gasteiger partial charge on any atom is 0.306 e. The van der Waals surface area contributed by atoms with E-state index in [0.717, 1.165) is 12.8 Å². The second kappa shape index (κ2) is 15.9. The summed E-state index contributed by atoms with van der Waals surface area (Å²) in [6.07, 6.45) is 16.9. The molecule has 2 heteroatoms. The van der Waals surface area contributed by atoms with E-state index >= 15 is 0 Å². The number of carbonyl (C=O) groups excluding carboxylic acids is 1. The number of esters is 1. The second-order valence-corrected chi connectivity index (χ2v) is 6.37. The van der Waals surface area contributed by atoms with Crippen LogP contribution >= 0.6 is 0 Å². The molecule has 0 aromatic rings. The standard InChI is InChI=1S/C19H38O2/c1-4-6-8-9-10-11-12-13-15-17-19(20)21-18(3)16-14-7-5-2/h18H,4-17H2,1-3H3/t18-/m0/s1. The third-order valence-electron chi connectivity index (χ3n) is 4.03. The predicted octanol–water partition coefficient (Wildman–Crippen LogP) is 6.42. The summed E-state index contributed by atoms with van der Waals surface area (Å²) in [6.45, 7) is 6.47. The van der Waals surface area contributed by atoms with Crippen molar-refractivity contribution in [2.24, 2.45) is 0 Å². The lowest BCUT2D eigenvalue weighted by molar-refractivity contribution is -0.148. The molecule has 0 bridgehead atoms. The normalized spacial score (nSPS) is 12.3. The molecule has 0 heterocycles. The van der Waals surface area contributed by atoms with E-state index < -0.39 is 0 Å². The molecule has 126 valence electrons. The highest BCUT2D eigenvalue weighted by molar-refractivity contribution is 5.69. The molecule has 1 atom stereocenters. The first kappa shape index (κ1) is 20.5. The topological polar surface area (TPSA) is 26.3 Å². The molecule has 0 aromatic heterocycles. The average molecular weight is 299 g/mol. The van der Waals surface area contributed by atoms with Crippen LogP contribution in [0.3, 0.4) is 0 Å². The maximum atomic E-state index is 11.7.